The van der Waals surface area contributed by atoms with Crippen molar-refractivity contribution >= 4 is 11.9 Å². The van der Waals surface area contributed by atoms with Crippen molar-refractivity contribution in [3.8, 4) is 0 Å². The number of hydrogen-bond acceptors (Lipinski definition) is 3. The standard InChI is InChI=1S/C13H21NO4/c1-12(6-7-18-9-12)14-10(15)8-13(11(16)17)4-2-3-5-13/h2-9H2,1H3,(H,14,15)(H,16,17). The first-order chi connectivity index (χ1) is 8.46. The van der Waals surface area contributed by atoms with Crippen LogP contribution in [0.3, 0.4) is 0 Å². The first-order valence-corrected chi connectivity index (χ1v) is 6.58. The molecule has 1 heterocycles. The van der Waals surface area contributed by atoms with E-state index in [0.29, 0.717) is 26.1 Å². The number of carbonyl (C=O) groups is 2. The molecule has 2 fully saturated rings. The number of aliphatic carboxylic acids is 1. The van der Waals surface area contributed by atoms with Crippen molar-refractivity contribution in [2.45, 2.75) is 51.0 Å². The lowest BCUT2D eigenvalue weighted by molar-refractivity contribution is -0.151. The molecule has 1 unspecified atom stereocenters. The third kappa shape index (κ3) is 2.66. The molecule has 102 valence electrons. The van der Waals surface area contributed by atoms with Gasteiger partial charge < -0.3 is 15.2 Å². The number of ether oxygens (including phenoxy) is 1. The fourth-order valence-electron chi connectivity index (χ4n) is 2.97. The Morgan fingerprint density at radius 3 is 2.44 bits per heavy atom. The predicted octanol–water partition coefficient (Wildman–Crippen LogP) is 1.32. The fraction of sp³-hybridized carbons (Fsp3) is 0.846. The van der Waals surface area contributed by atoms with E-state index >= 15 is 0 Å². The maximum Gasteiger partial charge on any atom is 0.310 e. The lowest BCUT2D eigenvalue weighted by Crippen LogP contribution is -2.48. The molecule has 1 atom stereocenters. The van der Waals surface area contributed by atoms with E-state index in [0.717, 1.165) is 19.3 Å². The van der Waals surface area contributed by atoms with E-state index < -0.39 is 11.4 Å². The first kappa shape index (κ1) is 13.3. The van der Waals surface area contributed by atoms with Gasteiger partial charge in [0.05, 0.1) is 17.6 Å². The summed E-state index contributed by atoms with van der Waals surface area (Å²) >= 11 is 0. The molecule has 1 saturated heterocycles. The molecule has 0 aromatic heterocycles. The smallest absolute Gasteiger partial charge is 0.310 e. The Morgan fingerprint density at radius 2 is 1.94 bits per heavy atom. The van der Waals surface area contributed by atoms with E-state index in [1.54, 1.807) is 0 Å². The zero-order valence-electron chi connectivity index (χ0n) is 10.8. The molecule has 5 heteroatoms. The number of hydrogen-bond donors (Lipinski definition) is 2. The van der Waals surface area contributed by atoms with Crippen molar-refractivity contribution in [3.05, 3.63) is 0 Å². The Hall–Kier alpha value is -1.10. The molecule has 1 amide bonds. The normalized spacial score (nSPS) is 30.3. The highest BCUT2D eigenvalue weighted by Crippen LogP contribution is 2.41. The van der Waals surface area contributed by atoms with E-state index in [9.17, 15) is 14.7 Å². The fourth-order valence-corrected chi connectivity index (χ4v) is 2.97. The second kappa shape index (κ2) is 4.88. The van der Waals surface area contributed by atoms with Gasteiger partial charge in [-0.15, -0.1) is 0 Å². The van der Waals surface area contributed by atoms with Gasteiger partial charge in [-0.3, -0.25) is 9.59 Å². The molecule has 0 spiro atoms. The van der Waals surface area contributed by atoms with Gasteiger partial charge in [-0.05, 0) is 26.2 Å². The topological polar surface area (TPSA) is 75.6 Å². The van der Waals surface area contributed by atoms with Crippen molar-refractivity contribution in [1.82, 2.24) is 5.32 Å². The average Bonchev–Trinajstić information content (AvgIpc) is 2.88. The molecule has 0 bridgehead atoms. The van der Waals surface area contributed by atoms with Crippen LogP contribution in [0.4, 0.5) is 0 Å². The van der Waals surface area contributed by atoms with Crippen LogP contribution >= 0.6 is 0 Å². The molecular formula is C13H21NO4. The minimum Gasteiger partial charge on any atom is -0.481 e. The summed E-state index contributed by atoms with van der Waals surface area (Å²) in [6, 6.07) is 0. The summed E-state index contributed by atoms with van der Waals surface area (Å²) in [5, 5.41) is 12.3. The highest BCUT2D eigenvalue weighted by atomic mass is 16.5. The number of carboxylic acid groups (broad SMARTS) is 1. The number of rotatable bonds is 4. The average molecular weight is 255 g/mol. The van der Waals surface area contributed by atoms with Crippen LogP contribution in [0, 0.1) is 5.41 Å². The van der Waals surface area contributed by atoms with Gasteiger partial charge in [-0.25, -0.2) is 0 Å². The number of carboxylic acids is 1. The zero-order valence-corrected chi connectivity index (χ0v) is 10.8. The van der Waals surface area contributed by atoms with E-state index in [1.807, 2.05) is 6.92 Å². The molecular weight excluding hydrogens is 234 g/mol. The van der Waals surface area contributed by atoms with Crippen molar-refractivity contribution in [3.63, 3.8) is 0 Å². The summed E-state index contributed by atoms with van der Waals surface area (Å²) in [6.45, 7) is 3.11. The van der Waals surface area contributed by atoms with E-state index in [1.165, 1.54) is 0 Å². The van der Waals surface area contributed by atoms with Gasteiger partial charge in [0.1, 0.15) is 0 Å². The van der Waals surface area contributed by atoms with Crippen molar-refractivity contribution < 1.29 is 19.4 Å². The van der Waals surface area contributed by atoms with Crippen LogP contribution in [0.1, 0.15) is 45.4 Å². The molecule has 2 aliphatic rings. The van der Waals surface area contributed by atoms with Crippen LogP contribution in [0.2, 0.25) is 0 Å². The Labute approximate surface area is 107 Å². The zero-order chi connectivity index (χ0) is 13.2. The molecule has 5 nitrogen and oxygen atoms in total. The summed E-state index contributed by atoms with van der Waals surface area (Å²) in [4.78, 5) is 23.4. The molecule has 0 aromatic rings. The highest BCUT2D eigenvalue weighted by molar-refractivity contribution is 5.85. The Kier molecular flexibility index (Phi) is 3.61. The van der Waals surface area contributed by atoms with Gasteiger partial charge in [-0.1, -0.05) is 12.8 Å². The maximum atomic E-state index is 12.0. The summed E-state index contributed by atoms with van der Waals surface area (Å²) in [7, 11) is 0. The van der Waals surface area contributed by atoms with E-state index in [-0.39, 0.29) is 17.9 Å². The van der Waals surface area contributed by atoms with E-state index in [4.69, 9.17) is 4.74 Å². The van der Waals surface area contributed by atoms with Crippen LogP contribution in [0.25, 0.3) is 0 Å². The predicted molar refractivity (Wildman–Crippen MR) is 65.1 cm³/mol. The monoisotopic (exact) mass is 255 g/mol. The summed E-state index contributed by atoms with van der Waals surface area (Å²) < 4.78 is 5.27. The van der Waals surface area contributed by atoms with Crippen molar-refractivity contribution in [2.75, 3.05) is 13.2 Å². The maximum absolute atomic E-state index is 12.0. The number of amides is 1. The van der Waals surface area contributed by atoms with Gasteiger partial charge in [0.2, 0.25) is 5.91 Å². The molecule has 1 saturated carbocycles. The lowest BCUT2D eigenvalue weighted by Gasteiger charge is -2.28. The summed E-state index contributed by atoms with van der Waals surface area (Å²) in [6.07, 6.45) is 3.92. The largest absolute Gasteiger partial charge is 0.481 e. The molecule has 0 radical (unpaired) electrons. The van der Waals surface area contributed by atoms with Crippen LogP contribution in [-0.2, 0) is 14.3 Å². The highest BCUT2D eigenvalue weighted by Gasteiger charge is 2.44. The second-order valence-electron chi connectivity index (χ2n) is 5.88. The Balaban J connectivity index is 1.95. The molecule has 1 aliphatic carbocycles. The van der Waals surface area contributed by atoms with Crippen LogP contribution in [-0.4, -0.2) is 35.7 Å². The summed E-state index contributed by atoms with van der Waals surface area (Å²) in [5.74, 6) is -0.990. The summed E-state index contributed by atoms with van der Waals surface area (Å²) in [5.41, 5.74) is -1.16. The Morgan fingerprint density at radius 1 is 1.28 bits per heavy atom. The number of nitrogens with one attached hydrogen (secondary N) is 1. The Bertz CT molecular complexity index is 341. The van der Waals surface area contributed by atoms with Crippen molar-refractivity contribution in [1.29, 1.82) is 0 Å². The number of carbonyl (C=O) groups excluding carboxylic acids is 1. The third-order valence-electron chi connectivity index (χ3n) is 4.17. The minimum atomic E-state index is -0.833. The second-order valence-corrected chi connectivity index (χ2v) is 5.88. The van der Waals surface area contributed by atoms with Crippen molar-refractivity contribution in [2.24, 2.45) is 5.41 Å². The van der Waals surface area contributed by atoms with Gasteiger partial charge >= 0.3 is 5.97 Å². The van der Waals surface area contributed by atoms with Gasteiger partial charge in [-0.2, -0.15) is 0 Å². The molecule has 2 rings (SSSR count). The quantitative estimate of drug-likeness (QED) is 0.794. The van der Waals surface area contributed by atoms with Crippen LogP contribution in [0.5, 0.6) is 0 Å². The first-order valence-electron chi connectivity index (χ1n) is 6.58. The van der Waals surface area contributed by atoms with Crippen LogP contribution in [0.15, 0.2) is 0 Å². The molecule has 1 aliphatic heterocycles. The minimum absolute atomic E-state index is 0.0952. The van der Waals surface area contributed by atoms with Gasteiger partial charge in [0.15, 0.2) is 0 Å². The SMILES string of the molecule is CC1(NC(=O)CC2(C(=O)O)CCCC2)CCOC1. The molecule has 2 N–H and O–H groups in total. The van der Waals surface area contributed by atoms with Crippen LogP contribution < -0.4 is 5.32 Å². The van der Waals surface area contributed by atoms with E-state index in [2.05, 4.69) is 5.32 Å². The molecule has 18 heavy (non-hydrogen) atoms. The van der Waals surface area contributed by atoms with Gasteiger partial charge in [0.25, 0.3) is 0 Å². The third-order valence-corrected chi connectivity index (χ3v) is 4.17. The lowest BCUT2D eigenvalue weighted by atomic mass is 9.82. The molecule has 0 aromatic carbocycles. The van der Waals surface area contributed by atoms with Gasteiger partial charge in [0, 0.05) is 13.0 Å².